The maximum absolute atomic E-state index is 11.8. The van der Waals surface area contributed by atoms with E-state index in [0.29, 0.717) is 12.2 Å². The van der Waals surface area contributed by atoms with Gasteiger partial charge in [-0.2, -0.15) is 0 Å². The Morgan fingerprint density at radius 1 is 1.32 bits per heavy atom. The van der Waals surface area contributed by atoms with Gasteiger partial charge in [0.2, 0.25) is 0 Å². The first-order valence-corrected chi connectivity index (χ1v) is 5.83. The summed E-state index contributed by atoms with van der Waals surface area (Å²) in [5.41, 5.74) is 2.55. The topological polar surface area (TPSA) is 72.2 Å². The van der Waals surface area contributed by atoms with Crippen LogP contribution < -0.4 is 5.56 Å². The lowest BCUT2D eigenvalue weighted by Crippen LogP contribution is -2.21. The van der Waals surface area contributed by atoms with E-state index in [1.807, 2.05) is 6.92 Å². The largest absolute Gasteiger partial charge is 0.478 e. The Morgan fingerprint density at radius 2 is 2.05 bits per heavy atom. The summed E-state index contributed by atoms with van der Waals surface area (Å²) in [4.78, 5) is 26.7. The maximum atomic E-state index is 11.8. The van der Waals surface area contributed by atoms with Crippen LogP contribution in [0.25, 0.3) is 0 Å². The number of benzene rings is 1. The quantitative estimate of drug-likeness (QED) is 0.907. The minimum Gasteiger partial charge on any atom is -0.478 e. The van der Waals surface area contributed by atoms with Crippen molar-refractivity contribution in [1.82, 2.24) is 9.55 Å². The molecule has 1 N–H and O–H groups in total. The number of carboxylic acid groups (broad SMARTS) is 1. The third-order valence-corrected chi connectivity index (χ3v) is 2.95. The second-order valence-corrected chi connectivity index (χ2v) is 4.44. The number of carboxylic acids is 1. The maximum Gasteiger partial charge on any atom is 0.335 e. The van der Waals surface area contributed by atoms with E-state index >= 15 is 0 Å². The summed E-state index contributed by atoms with van der Waals surface area (Å²) in [7, 11) is 0. The Bertz CT molecular complexity index is 689. The summed E-state index contributed by atoms with van der Waals surface area (Å²) in [5.74, 6) is -0.955. The van der Waals surface area contributed by atoms with Crippen LogP contribution in [0.4, 0.5) is 0 Å². The van der Waals surface area contributed by atoms with E-state index in [1.54, 1.807) is 19.1 Å². The number of rotatable bonds is 3. The lowest BCUT2D eigenvalue weighted by atomic mass is 10.1. The van der Waals surface area contributed by atoms with Gasteiger partial charge in [0.1, 0.15) is 0 Å². The second-order valence-electron chi connectivity index (χ2n) is 4.44. The molecule has 0 aliphatic rings. The van der Waals surface area contributed by atoms with Gasteiger partial charge in [-0.25, -0.2) is 9.78 Å². The molecule has 0 fully saturated rings. The van der Waals surface area contributed by atoms with Crippen LogP contribution in [-0.2, 0) is 6.54 Å². The van der Waals surface area contributed by atoms with E-state index in [-0.39, 0.29) is 11.1 Å². The van der Waals surface area contributed by atoms with Crippen LogP contribution in [-0.4, -0.2) is 20.6 Å². The molecule has 1 heterocycles. The highest BCUT2D eigenvalue weighted by molar-refractivity contribution is 5.87. The summed E-state index contributed by atoms with van der Waals surface area (Å²) < 4.78 is 1.50. The summed E-state index contributed by atoms with van der Waals surface area (Å²) in [6, 6.07) is 6.34. The molecule has 0 amide bonds. The fourth-order valence-electron chi connectivity index (χ4n) is 1.83. The third kappa shape index (κ3) is 2.88. The smallest absolute Gasteiger partial charge is 0.335 e. The van der Waals surface area contributed by atoms with Crippen molar-refractivity contribution in [3.05, 3.63) is 63.3 Å². The zero-order chi connectivity index (χ0) is 14.0. The van der Waals surface area contributed by atoms with Crippen LogP contribution in [0.2, 0.25) is 0 Å². The molecule has 0 bridgehead atoms. The number of aromatic carboxylic acids is 1. The van der Waals surface area contributed by atoms with E-state index in [0.717, 1.165) is 11.1 Å². The van der Waals surface area contributed by atoms with Crippen molar-refractivity contribution in [2.45, 2.75) is 20.4 Å². The van der Waals surface area contributed by atoms with Gasteiger partial charge in [-0.15, -0.1) is 0 Å². The zero-order valence-electron chi connectivity index (χ0n) is 10.8. The molecule has 0 radical (unpaired) electrons. The van der Waals surface area contributed by atoms with E-state index in [2.05, 4.69) is 4.98 Å². The van der Waals surface area contributed by atoms with E-state index < -0.39 is 5.97 Å². The van der Waals surface area contributed by atoms with Crippen LogP contribution in [0.1, 0.15) is 27.2 Å². The second kappa shape index (κ2) is 5.06. The molecule has 0 aliphatic carbocycles. The minimum atomic E-state index is -0.955. The Hall–Kier alpha value is -2.43. The molecule has 1 aromatic heterocycles. The summed E-state index contributed by atoms with van der Waals surface area (Å²) in [5, 5.41) is 8.90. The Balaban J connectivity index is 2.33. The molecular weight excluding hydrogens is 244 g/mol. The fourth-order valence-corrected chi connectivity index (χ4v) is 1.83. The molecule has 19 heavy (non-hydrogen) atoms. The van der Waals surface area contributed by atoms with E-state index in [4.69, 9.17) is 5.11 Å². The Kier molecular flexibility index (Phi) is 3.46. The first-order valence-electron chi connectivity index (χ1n) is 5.83. The highest BCUT2D eigenvalue weighted by Crippen LogP contribution is 2.12. The van der Waals surface area contributed by atoms with Gasteiger partial charge in [0.05, 0.1) is 18.4 Å². The number of hydrogen-bond acceptors (Lipinski definition) is 3. The van der Waals surface area contributed by atoms with Gasteiger partial charge >= 0.3 is 5.97 Å². The number of carbonyl (C=O) groups is 1. The molecule has 5 nitrogen and oxygen atoms in total. The predicted octanol–water partition coefficient (Wildman–Crippen LogP) is 1.61. The SMILES string of the molecule is Cc1cc(=O)n(Cc2ccc(C(=O)O)cc2C)cn1. The van der Waals surface area contributed by atoms with E-state index in [1.165, 1.54) is 23.0 Å². The minimum absolute atomic E-state index is 0.116. The van der Waals surface area contributed by atoms with Gasteiger partial charge < -0.3 is 5.11 Å². The van der Waals surface area contributed by atoms with Crippen molar-refractivity contribution in [3.8, 4) is 0 Å². The third-order valence-electron chi connectivity index (χ3n) is 2.95. The molecule has 0 aliphatic heterocycles. The molecule has 0 unspecified atom stereocenters. The van der Waals surface area contributed by atoms with Crippen molar-refractivity contribution in [1.29, 1.82) is 0 Å². The normalized spacial score (nSPS) is 10.4. The summed E-state index contributed by atoms with van der Waals surface area (Å²) in [6.45, 7) is 3.98. The number of hydrogen-bond donors (Lipinski definition) is 1. The van der Waals surface area contributed by atoms with Gasteiger partial charge in [-0.1, -0.05) is 6.07 Å². The van der Waals surface area contributed by atoms with Crippen molar-refractivity contribution >= 4 is 5.97 Å². The highest BCUT2D eigenvalue weighted by Gasteiger charge is 2.07. The average molecular weight is 258 g/mol. The van der Waals surface area contributed by atoms with Crippen LogP contribution in [0.3, 0.4) is 0 Å². The number of aromatic nitrogens is 2. The number of aryl methyl sites for hydroxylation is 2. The fraction of sp³-hybridized carbons (Fsp3) is 0.214. The molecule has 1 aromatic carbocycles. The summed E-state index contributed by atoms with van der Waals surface area (Å²) in [6.07, 6.45) is 1.50. The number of nitrogens with zero attached hydrogens (tertiary/aromatic N) is 2. The van der Waals surface area contributed by atoms with Crippen LogP contribution in [0.15, 0.2) is 35.4 Å². The molecular formula is C14H14N2O3. The van der Waals surface area contributed by atoms with Gasteiger partial charge in [0.25, 0.3) is 5.56 Å². The molecule has 98 valence electrons. The molecule has 2 rings (SSSR count). The lowest BCUT2D eigenvalue weighted by molar-refractivity contribution is 0.0697. The molecule has 5 heteroatoms. The summed E-state index contributed by atoms with van der Waals surface area (Å²) >= 11 is 0. The molecule has 0 spiro atoms. The lowest BCUT2D eigenvalue weighted by Gasteiger charge is -2.09. The van der Waals surface area contributed by atoms with Crippen molar-refractivity contribution in [2.75, 3.05) is 0 Å². The van der Waals surface area contributed by atoms with Crippen LogP contribution >= 0.6 is 0 Å². The molecule has 2 aromatic rings. The van der Waals surface area contributed by atoms with Gasteiger partial charge in [0, 0.05) is 11.8 Å². The van der Waals surface area contributed by atoms with E-state index in [9.17, 15) is 9.59 Å². The predicted molar refractivity (Wildman–Crippen MR) is 70.5 cm³/mol. The van der Waals surface area contributed by atoms with Crippen LogP contribution in [0, 0.1) is 13.8 Å². The monoisotopic (exact) mass is 258 g/mol. The average Bonchev–Trinajstić information content (AvgIpc) is 2.34. The standard InChI is InChI=1S/C14H14N2O3/c1-9-5-11(14(18)19)3-4-12(9)7-16-8-15-10(2)6-13(16)17/h3-6,8H,7H2,1-2H3,(H,18,19). The van der Waals surface area contributed by atoms with Crippen molar-refractivity contribution in [3.63, 3.8) is 0 Å². The first-order chi connectivity index (χ1) is 8.97. The Labute approximate surface area is 110 Å². The van der Waals surface area contributed by atoms with Crippen molar-refractivity contribution < 1.29 is 9.90 Å². The van der Waals surface area contributed by atoms with Crippen LogP contribution in [0.5, 0.6) is 0 Å². The van der Waals surface area contributed by atoms with Crippen molar-refractivity contribution in [2.24, 2.45) is 0 Å². The van der Waals surface area contributed by atoms with Gasteiger partial charge in [-0.3, -0.25) is 9.36 Å². The molecule has 0 atom stereocenters. The highest BCUT2D eigenvalue weighted by atomic mass is 16.4. The van der Waals surface area contributed by atoms with Gasteiger partial charge in [0.15, 0.2) is 0 Å². The first kappa shape index (κ1) is 13.0. The zero-order valence-corrected chi connectivity index (χ0v) is 10.8. The molecule has 0 saturated carbocycles. The van der Waals surface area contributed by atoms with Gasteiger partial charge in [-0.05, 0) is 37.1 Å². The Morgan fingerprint density at radius 3 is 2.63 bits per heavy atom. The molecule has 0 saturated heterocycles.